The molecule has 0 radical (unpaired) electrons. The van der Waals surface area contributed by atoms with Crippen molar-refractivity contribution in [2.24, 2.45) is 17.6 Å². The van der Waals surface area contributed by atoms with Gasteiger partial charge < -0.3 is 5.73 Å². The molecule has 1 aliphatic rings. The summed E-state index contributed by atoms with van der Waals surface area (Å²) >= 11 is 0. The van der Waals surface area contributed by atoms with Crippen LogP contribution in [0.3, 0.4) is 0 Å². The van der Waals surface area contributed by atoms with Crippen LogP contribution in [0, 0.1) is 11.8 Å². The summed E-state index contributed by atoms with van der Waals surface area (Å²) in [6, 6.07) is 8.98. The van der Waals surface area contributed by atoms with Gasteiger partial charge in [0.25, 0.3) is 0 Å². The molecule has 1 nitrogen and oxygen atoms in total. The molecule has 100 valence electrons. The fraction of sp³-hybridized carbons (Fsp3) is 0.647. The van der Waals surface area contributed by atoms with Crippen LogP contribution >= 0.6 is 0 Å². The molecule has 2 N–H and O–H groups in total. The maximum atomic E-state index is 6.75. The lowest BCUT2D eigenvalue weighted by Gasteiger charge is -2.42. The van der Waals surface area contributed by atoms with E-state index in [1.807, 2.05) is 0 Å². The molecule has 1 aromatic rings. The van der Waals surface area contributed by atoms with E-state index in [-0.39, 0.29) is 5.54 Å². The third-order valence-electron chi connectivity index (χ3n) is 4.69. The quantitative estimate of drug-likeness (QED) is 0.846. The largest absolute Gasteiger partial charge is 0.321 e. The second kappa shape index (κ2) is 5.44. The fourth-order valence-corrected chi connectivity index (χ4v) is 3.40. The van der Waals surface area contributed by atoms with Gasteiger partial charge in [0, 0.05) is 5.54 Å². The van der Waals surface area contributed by atoms with Gasteiger partial charge in [-0.2, -0.15) is 0 Å². The van der Waals surface area contributed by atoms with Crippen molar-refractivity contribution in [2.75, 3.05) is 0 Å². The first-order valence-electron chi connectivity index (χ1n) is 7.44. The Bertz CT molecular complexity index is 398. The van der Waals surface area contributed by atoms with Crippen molar-refractivity contribution in [3.63, 3.8) is 0 Å². The average molecular weight is 245 g/mol. The molecule has 1 saturated carbocycles. The third-order valence-corrected chi connectivity index (χ3v) is 4.69. The minimum absolute atomic E-state index is 0.101. The molecular weight excluding hydrogens is 218 g/mol. The summed E-state index contributed by atoms with van der Waals surface area (Å²) in [5, 5.41) is 0. The van der Waals surface area contributed by atoms with Gasteiger partial charge in [0.15, 0.2) is 0 Å². The molecule has 3 unspecified atom stereocenters. The number of hydrogen-bond donors (Lipinski definition) is 1. The Morgan fingerprint density at radius 2 is 2.11 bits per heavy atom. The molecule has 0 amide bonds. The van der Waals surface area contributed by atoms with Crippen molar-refractivity contribution in [1.82, 2.24) is 0 Å². The van der Waals surface area contributed by atoms with Crippen LogP contribution in [0.2, 0.25) is 0 Å². The summed E-state index contributed by atoms with van der Waals surface area (Å²) in [5.41, 5.74) is 9.44. The lowest BCUT2D eigenvalue weighted by Crippen LogP contribution is -2.46. The standard InChI is InChI=1S/C17H27N/c1-4-6-15-7-5-8-16(12-15)17(18)10-9-13(2)11-14(17)3/h5,7-8,12-14H,4,6,9-11,18H2,1-3H3. The Hall–Kier alpha value is -0.820. The number of hydrogen-bond acceptors (Lipinski definition) is 1. The van der Waals surface area contributed by atoms with E-state index < -0.39 is 0 Å². The van der Waals surface area contributed by atoms with Crippen molar-refractivity contribution in [3.05, 3.63) is 35.4 Å². The highest BCUT2D eigenvalue weighted by Crippen LogP contribution is 2.41. The molecule has 1 aliphatic carbocycles. The highest BCUT2D eigenvalue weighted by atomic mass is 14.8. The first-order valence-corrected chi connectivity index (χ1v) is 7.44. The van der Waals surface area contributed by atoms with Crippen LogP contribution < -0.4 is 5.73 Å². The minimum atomic E-state index is -0.101. The highest BCUT2D eigenvalue weighted by molar-refractivity contribution is 5.30. The number of rotatable bonds is 3. The SMILES string of the molecule is CCCc1cccc(C2(N)CCC(C)CC2C)c1. The molecule has 2 rings (SSSR count). The molecule has 3 atom stereocenters. The fourth-order valence-electron chi connectivity index (χ4n) is 3.40. The zero-order chi connectivity index (χ0) is 13.2. The molecule has 0 bridgehead atoms. The van der Waals surface area contributed by atoms with Gasteiger partial charge in [-0.3, -0.25) is 0 Å². The zero-order valence-corrected chi connectivity index (χ0v) is 12.1. The molecule has 18 heavy (non-hydrogen) atoms. The van der Waals surface area contributed by atoms with Crippen LogP contribution in [-0.2, 0) is 12.0 Å². The summed E-state index contributed by atoms with van der Waals surface area (Å²) in [7, 11) is 0. The van der Waals surface area contributed by atoms with Crippen LogP contribution in [0.1, 0.15) is 57.6 Å². The molecule has 1 heteroatoms. The maximum absolute atomic E-state index is 6.75. The van der Waals surface area contributed by atoms with Crippen LogP contribution in [-0.4, -0.2) is 0 Å². The van der Waals surface area contributed by atoms with Crippen LogP contribution in [0.15, 0.2) is 24.3 Å². The Kier molecular flexibility index (Phi) is 4.11. The number of aryl methyl sites for hydroxylation is 1. The second-order valence-corrected chi connectivity index (χ2v) is 6.27. The van der Waals surface area contributed by atoms with Crippen molar-refractivity contribution < 1.29 is 0 Å². The normalized spacial score (nSPS) is 32.4. The minimum Gasteiger partial charge on any atom is -0.321 e. The second-order valence-electron chi connectivity index (χ2n) is 6.27. The van der Waals surface area contributed by atoms with E-state index in [1.165, 1.54) is 30.4 Å². The maximum Gasteiger partial charge on any atom is 0.0435 e. The van der Waals surface area contributed by atoms with Crippen molar-refractivity contribution >= 4 is 0 Å². The summed E-state index contributed by atoms with van der Waals surface area (Å²) in [5.74, 6) is 1.41. The Morgan fingerprint density at radius 1 is 1.33 bits per heavy atom. The van der Waals surface area contributed by atoms with Gasteiger partial charge in [0.1, 0.15) is 0 Å². The summed E-state index contributed by atoms with van der Waals surface area (Å²) in [4.78, 5) is 0. The van der Waals surface area contributed by atoms with E-state index in [0.29, 0.717) is 5.92 Å². The van der Waals surface area contributed by atoms with Gasteiger partial charge in [0.2, 0.25) is 0 Å². The van der Waals surface area contributed by atoms with Crippen LogP contribution in [0.5, 0.6) is 0 Å². The molecule has 0 saturated heterocycles. The molecule has 1 aromatic carbocycles. The molecular formula is C17H27N. The Labute approximate surface area is 112 Å². The van der Waals surface area contributed by atoms with E-state index >= 15 is 0 Å². The monoisotopic (exact) mass is 245 g/mol. The van der Waals surface area contributed by atoms with Gasteiger partial charge in [-0.1, -0.05) is 51.5 Å². The lowest BCUT2D eigenvalue weighted by molar-refractivity contribution is 0.164. The van der Waals surface area contributed by atoms with Gasteiger partial charge >= 0.3 is 0 Å². The lowest BCUT2D eigenvalue weighted by atomic mass is 9.67. The van der Waals surface area contributed by atoms with E-state index in [1.54, 1.807) is 0 Å². The van der Waals surface area contributed by atoms with E-state index in [4.69, 9.17) is 5.73 Å². The first-order chi connectivity index (χ1) is 8.56. The van der Waals surface area contributed by atoms with Crippen molar-refractivity contribution in [3.8, 4) is 0 Å². The van der Waals surface area contributed by atoms with Crippen molar-refractivity contribution in [2.45, 2.75) is 58.4 Å². The zero-order valence-electron chi connectivity index (χ0n) is 12.1. The van der Waals surface area contributed by atoms with Crippen LogP contribution in [0.4, 0.5) is 0 Å². The first kappa shape index (κ1) is 13.6. The smallest absolute Gasteiger partial charge is 0.0435 e. The number of nitrogens with two attached hydrogens (primary N) is 1. The van der Waals surface area contributed by atoms with E-state index in [9.17, 15) is 0 Å². The van der Waals surface area contributed by atoms with Gasteiger partial charge in [-0.25, -0.2) is 0 Å². The molecule has 0 aromatic heterocycles. The van der Waals surface area contributed by atoms with Crippen LogP contribution in [0.25, 0.3) is 0 Å². The predicted molar refractivity (Wildman–Crippen MR) is 78.5 cm³/mol. The Balaban J connectivity index is 2.26. The van der Waals surface area contributed by atoms with Crippen molar-refractivity contribution in [1.29, 1.82) is 0 Å². The van der Waals surface area contributed by atoms with Gasteiger partial charge in [-0.05, 0) is 48.6 Å². The predicted octanol–water partition coefficient (Wildman–Crippen LogP) is 4.25. The van der Waals surface area contributed by atoms with Gasteiger partial charge in [0.05, 0.1) is 0 Å². The highest BCUT2D eigenvalue weighted by Gasteiger charge is 2.38. The third kappa shape index (κ3) is 2.61. The topological polar surface area (TPSA) is 26.0 Å². The Morgan fingerprint density at radius 3 is 2.78 bits per heavy atom. The number of benzene rings is 1. The summed E-state index contributed by atoms with van der Waals surface area (Å²) in [6.07, 6.45) is 6.01. The summed E-state index contributed by atoms with van der Waals surface area (Å²) < 4.78 is 0. The molecule has 0 heterocycles. The summed E-state index contributed by atoms with van der Waals surface area (Å²) in [6.45, 7) is 6.90. The van der Waals surface area contributed by atoms with E-state index in [2.05, 4.69) is 45.0 Å². The van der Waals surface area contributed by atoms with E-state index in [0.717, 1.165) is 18.8 Å². The molecule has 0 spiro atoms. The average Bonchev–Trinajstić information content (AvgIpc) is 2.35. The molecule has 1 fully saturated rings. The molecule has 0 aliphatic heterocycles. The van der Waals surface area contributed by atoms with Gasteiger partial charge in [-0.15, -0.1) is 0 Å².